The van der Waals surface area contributed by atoms with Crippen LogP contribution < -0.4 is 0 Å². The molecule has 0 radical (unpaired) electrons. The summed E-state index contributed by atoms with van der Waals surface area (Å²) in [6, 6.07) is 0.0555. The van der Waals surface area contributed by atoms with Crippen LogP contribution in [0.1, 0.15) is 0 Å². The molecule has 0 aromatic rings. The van der Waals surface area contributed by atoms with E-state index in [1.807, 2.05) is 0 Å². The van der Waals surface area contributed by atoms with Gasteiger partial charge in [-0.25, -0.2) is 0 Å². The lowest BCUT2D eigenvalue weighted by molar-refractivity contribution is 0.201. The van der Waals surface area contributed by atoms with Gasteiger partial charge in [0.05, 0.1) is 13.2 Å². The maximum Gasteiger partial charge on any atom is 0.334 e. The van der Waals surface area contributed by atoms with Crippen LogP contribution in [0, 0.1) is 0 Å². The lowest BCUT2D eigenvalue weighted by Crippen LogP contribution is -1.94. The molecule has 0 N–H and O–H groups in total. The minimum absolute atomic E-state index is 0.0555. The Morgan fingerprint density at radius 3 is 1.92 bits per heavy atom. The number of hydrogen-bond donors (Lipinski definition) is 0. The van der Waals surface area contributed by atoms with Crippen molar-refractivity contribution < 1.29 is 13.6 Å². The van der Waals surface area contributed by atoms with E-state index in [0.717, 1.165) is 0 Å². The molecule has 0 saturated carbocycles. The van der Waals surface area contributed by atoms with Gasteiger partial charge >= 0.3 is 8.60 Å². The van der Waals surface area contributed by atoms with E-state index in [4.69, 9.17) is 25.2 Å². The van der Waals surface area contributed by atoms with Gasteiger partial charge in [-0.15, -0.1) is 13.2 Å². The van der Waals surface area contributed by atoms with Gasteiger partial charge in [0, 0.05) is 0 Å². The number of rotatable bonds is 8. The maximum atomic E-state index is 5.34. The average Bonchev–Trinajstić information content (AvgIpc) is 2.10. The largest absolute Gasteiger partial charge is 0.334 e. The molecule has 3 nitrogen and oxygen atoms in total. The summed E-state index contributed by atoms with van der Waals surface area (Å²) in [5.41, 5.74) is 0. The SMILES string of the molecule is C=CCOP(OCCl)OCC=C. The Labute approximate surface area is 79.0 Å². The normalized spacial score (nSPS) is 10.2. The van der Waals surface area contributed by atoms with Crippen molar-refractivity contribution in [2.45, 2.75) is 0 Å². The van der Waals surface area contributed by atoms with E-state index in [9.17, 15) is 0 Å². The summed E-state index contributed by atoms with van der Waals surface area (Å²) < 4.78 is 15.1. The highest BCUT2D eigenvalue weighted by molar-refractivity contribution is 7.41. The van der Waals surface area contributed by atoms with Gasteiger partial charge in [-0.05, 0) is 0 Å². The molecule has 0 aromatic carbocycles. The van der Waals surface area contributed by atoms with Crippen LogP contribution in [0.3, 0.4) is 0 Å². The van der Waals surface area contributed by atoms with Crippen LogP contribution in [0.25, 0.3) is 0 Å². The second-order valence-electron chi connectivity index (χ2n) is 1.63. The molecule has 0 bridgehead atoms. The van der Waals surface area contributed by atoms with Crippen LogP contribution in [0.5, 0.6) is 0 Å². The number of alkyl halides is 1. The van der Waals surface area contributed by atoms with E-state index in [2.05, 4.69) is 13.2 Å². The third kappa shape index (κ3) is 6.77. The molecular weight excluding hydrogens is 199 g/mol. The highest BCUT2D eigenvalue weighted by Gasteiger charge is 2.09. The summed E-state index contributed by atoms with van der Waals surface area (Å²) in [4.78, 5) is 0. The summed E-state index contributed by atoms with van der Waals surface area (Å²) in [6.45, 7) is 7.77. The molecule has 0 aliphatic rings. The van der Waals surface area contributed by atoms with Crippen LogP contribution in [0.4, 0.5) is 0 Å². The molecule has 0 spiro atoms. The standard InChI is InChI=1S/C7H12ClO3P/c1-3-5-9-12(11-7-8)10-6-4-2/h3-4H,1-2,5-7H2. The van der Waals surface area contributed by atoms with E-state index < -0.39 is 8.60 Å². The van der Waals surface area contributed by atoms with Crippen molar-refractivity contribution in [1.29, 1.82) is 0 Å². The minimum atomic E-state index is -1.35. The zero-order valence-corrected chi connectivity index (χ0v) is 8.39. The van der Waals surface area contributed by atoms with Gasteiger partial charge in [-0.3, -0.25) is 4.52 Å². The first-order valence-corrected chi connectivity index (χ1v) is 4.94. The van der Waals surface area contributed by atoms with E-state index in [-0.39, 0.29) is 6.07 Å². The van der Waals surface area contributed by atoms with Crippen molar-refractivity contribution in [1.82, 2.24) is 0 Å². The van der Waals surface area contributed by atoms with Crippen LogP contribution >= 0.6 is 20.2 Å². The average molecular weight is 211 g/mol. The lowest BCUT2D eigenvalue weighted by atomic mass is 10.7. The number of halogens is 1. The van der Waals surface area contributed by atoms with Gasteiger partial charge in [0.15, 0.2) is 0 Å². The monoisotopic (exact) mass is 210 g/mol. The zero-order chi connectivity index (χ0) is 9.23. The molecule has 0 atom stereocenters. The van der Waals surface area contributed by atoms with Gasteiger partial charge in [0.2, 0.25) is 0 Å². The third-order valence-electron chi connectivity index (χ3n) is 0.750. The first-order valence-electron chi connectivity index (χ1n) is 3.31. The highest BCUT2D eigenvalue weighted by atomic mass is 35.5. The van der Waals surface area contributed by atoms with E-state index >= 15 is 0 Å². The van der Waals surface area contributed by atoms with E-state index in [0.29, 0.717) is 13.2 Å². The lowest BCUT2D eigenvalue weighted by Gasteiger charge is -2.12. The molecule has 0 amide bonds. The fourth-order valence-electron chi connectivity index (χ4n) is 0.379. The summed E-state index contributed by atoms with van der Waals surface area (Å²) in [5, 5.41) is 0. The van der Waals surface area contributed by atoms with Crippen LogP contribution in [0.2, 0.25) is 0 Å². The fourth-order valence-corrected chi connectivity index (χ4v) is 1.38. The molecular formula is C7H12ClO3P. The second-order valence-corrected chi connectivity index (χ2v) is 3.07. The Morgan fingerprint density at radius 1 is 1.08 bits per heavy atom. The topological polar surface area (TPSA) is 27.7 Å². The van der Waals surface area contributed by atoms with E-state index in [1.54, 1.807) is 12.2 Å². The highest BCUT2D eigenvalue weighted by Crippen LogP contribution is 2.39. The first kappa shape index (κ1) is 12.1. The smallest absolute Gasteiger partial charge is 0.308 e. The molecule has 0 aromatic heterocycles. The van der Waals surface area contributed by atoms with Crippen molar-refractivity contribution in [3.05, 3.63) is 25.3 Å². The first-order chi connectivity index (χ1) is 5.85. The van der Waals surface area contributed by atoms with Crippen LogP contribution in [-0.4, -0.2) is 19.3 Å². The molecule has 0 aliphatic carbocycles. The molecule has 0 saturated heterocycles. The van der Waals surface area contributed by atoms with Crippen molar-refractivity contribution in [3.8, 4) is 0 Å². The molecule has 5 heteroatoms. The Kier molecular flexibility index (Phi) is 9.23. The maximum absolute atomic E-state index is 5.34. The van der Waals surface area contributed by atoms with Crippen molar-refractivity contribution in [2.75, 3.05) is 19.3 Å². The summed E-state index contributed by atoms with van der Waals surface area (Å²) in [5.74, 6) is 0. The molecule has 70 valence electrons. The van der Waals surface area contributed by atoms with Gasteiger partial charge in [-0.2, -0.15) is 0 Å². The molecule has 0 aliphatic heterocycles. The Hall–Kier alpha value is 0.0800. The van der Waals surface area contributed by atoms with Gasteiger partial charge in [-0.1, -0.05) is 23.8 Å². The third-order valence-corrected chi connectivity index (χ3v) is 2.07. The van der Waals surface area contributed by atoms with Crippen LogP contribution in [0.15, 0.2) is 25.3 Å². The van der Waals surface area contributed by atoms with E-state index in [1.165, 1.54) is 0 Å². The molecule has 0 unspecified atom stereocenters. The minimum Gasteiger partial charge on any atom is -0.308 e. The Bertz CT molecular complexity index is 120. The predicted molar refractivity (Wildman–Crippen MR) is 51.0 cm³/mol. The molecule has 0 rings (SSSR count). The second kappa shape index (κ2) is 9.17. The van der Waals surface area contributed by atoms with Crippen LogP contribution in [-0.2, 0) is 13.6 Å². The van der Waals surface area contributed by atoms with Gasteiger partial charge in [0.1, 0.15) is 6.07 Å². The van der Waals surface area contributed by atoms with Crippen molar-refractivity contribution >= 4 is 20.2 Å². The van der Waals surface area contributed by atoms with Gasteiger partial charge < -0.3 is 9.05 Å². The zero-order valence-electron chi connectivity index (χ0n) is 6.74. The van der Waals surface area contributed by atoms with Gasteiger partial charge in [0.25, 0.3) is 0 Å². The predicted octanol–water partition coefficient (Wildman–Crippen LogP) is 2.83. The van der Waals surface area contributed by atoms with Crippen molar-refractivity contribution in [3.63, 3.8) is 0 Å². The molecule has 12 heavy (non-hydrogen) atoms. The quantitative estimate of drug-likeness (QED) is 0.350. The number of hydrogen-bond acceptors (Lipinski definition) is 3. The summed E-state index contributed by atoms with van der Waals surface area (Å²) in [6.07, 6.45) is 3.23. The fraction of sp³-hybridized carbons (Fsp3) is 0.429. The summed E-state index contributed by atoms with van der Waals surface area (Å²) >= 11 is 5.34. The molecule has 0 heterocycles. The van der Waals surface area contributed by atoms with Crippen molar-refractivity contribution in [2.24, 2.45) is 0 Å². The summed E-state index contributed by atoms with van der Waals surface area (Å²) in [7, 11) is -1.35. The Balaban J connectivity index is 3.52. The molecule has 0 fully saturated rings. The Morgan fingerprint density at radius 2 is 1.58 bits per heavy atom.